The molecule has 2 aliphatic heterocycles. The number of urea groups is 1. The predicted molar refractivity (Wildman–Crippen MR) is 104 cm³/mol. The number of H-pyrrole nitrogens is 1. The summed E-state index contributed by atoms with van der Waals surface area (Å²) < 4.78 is 6.02. The first-order valence-electron chi connectivity index (χ1n) is 9.75. The Bertz CT molecular complexity index is 738. The van der Waals surface area contributed by atoms with Gasteiger partial charge in [0, 0.05) is 49.0 Å². The highest BCUT2D eigenvalue weighted by Gasteiger charge is 2.25. The van der Waals surface area contributed by atoms with Crippen LogP contribution < -0.4 is 5.32 Å². The summed E-state index contributed by atoms with van der Waals surface area (Å²) in [6.45, 7) is 5.38. The maximum atomic E-state index is 12.8. The molecule has 2 N–H and O–H groups in total. The maximum Gasteiger partial charge on any atom is 0.321 e. The van der Waals surface area contributed by atoms with Crippen LogP contribution in [0.1, 0.15) is 25.7 Å². The Morgan fingerprint density at radius 3 is 2.92 bits per heavy atom. The lowest BCUT2D eigenvalue weighted by molar-refractivity contribution is 0.0261. The van der Waals surface area contributed by atoms with Crippen LogP contribution in [0.3, 0.4) is 0 Å². The van der Waals surface area contributed by atoms with Crippen molar-refractivity contribution in [1.82, 2.24) is 14.8 Å². The molecular formula is C20H28N4O2. The van der Waals surface area contributed by atoms with Gasteiger partial charge in [0.15, 0.2) is 0 Å². The van der Waals surface area contributed by atoms with Gasteiger partial charge in [-0.15, -0.1) is 0 Å². The molecule has 4 rings (SSSR count). The number of hydrogen-bond acceptors (Lipinski definition) is 3. The number of rotatable bonds is 3. The number of aromatic amines is 1. The number of nitrogens with one attached hydrogen (secondary N) is 2. The number of aromatic nitrogens is 1. The smallest absolute Gasteiger partial charge is 0.321 e. The Balaban J connectivity index is 1.37. The molecule has 0 saturated carbocycles. The minimum absolute atomic E-state index is 0.0333. The van der Waals surface area contributed by atoms with Crippen LogP contribution in [0.25, 0.3) is 10.9 Å². The first-order chi connectivity index (χ1) is 12.8. The van der Waals surface area contributed by atoms with Crippen LogP contribution >= 0.6 is 0 Å². The molecule has 2 saturated heterocycles. The van der Waals surface area contributed by atoms with E-state index in [0.29, 0.717) is 6.54 Å². The van der Waals surface area contributed by atoms with Crippen LogP contribution in [0.15, 0.2) is 30.5 Å². The van der Waals surface area contributed by atoms with Gasteiger partial charge in [-0.25, -0.2) is 4.79 Å². The van der Waals surface area contributed by atoms with E-state index in [4.69, 9.17) is 4.74 Å². The highest BCUT2D eigenvalue weighted by molar-refractivity contribution is 5.92. The maximum absolute atomic E-state index is 12.8. The zero-order valence-corrected chi connectivity index (χ0v) is 15.2. The summed E-state index contributed by atoms with van der Waals surface area (Å²) in [5.41, 5.74) is 1.91. The predicted octanol–water partition coefficient (Wildman–Crippen LogP) is 3.28. The number of hydrogen-bond donors (Lipinski definition) is 2. The summed E-state index contributed by atoms with van der Waals surface area (Å²) in [4.78, 5) is 20.3. The number of carbonyl (C=O) groups excluding carboxylic acids is 1. The van der Waals surface area contributed by atoms with Gasteiger partial charge in [-0.05, 0) is 56.6 Å². The molecule has 1 atom stereocenters. The van der Waals surface area contributed by atoms with Crippen LogP contribution in [-0.2, 0) is 4.74 Å². The van der Waals surface area contributed by atoms with Gasteiger partial charge >= 0.3 is 6.03 Å². The van der Waals surface area contributed by atoms with E-state index in [0.717, 1.165) is 55.8 Å². The molecule has 6 heteroatoms. The number of likely N-dealkylation sites (tertiary alicyclic amines) is 1. The molecule has 2 amide bonds. The van der Waals surface area contributed by atoms with Crippen LogP contribution in [-0.4, -0.2) is 66.2 Å². The van der Waals surface area contributed by atoms with Gasteiger partial charge in [-0.1, -0.05) is 6.42 Å². The van der Waals surface area contributed by atoms with Crippen LogP contribution in [0.2, 0.25) is 0 Å². The van der Waals surface area contributed by atoms with E-state index in [1.54, 1.807) is 0 Å². The standard InChI is InChI=1S/C20H28N4O2/c25-20(22-17-5-6-19-16(13-17)7-8-21-19)24-11-4-12-26-18(15-24)14-23-9-2-1-3-10-23/h5-8,13,18,21H,1-4,9-12,14-15H2,(H,22,25)/t18-/m0/s1. The Labute approximate surface area is 154 Å². The van der Waals surface area contributed by atoms with E-state index in [1.807, 2.05) is 35.4 Å². The first kappa shape index (κ1) is 17.4. The van der Waals surface area contributed by atoms with Gasteiger partial charge in [-0.2, -0.15) is 0 Å². The lowest BCUT2D eigenvalue weighted by Crippen LogP contribution is -2.45. The molecule has 140 valence electrons. The summed E-state index contributed by atoms with van der Waals surface area (Å²) in [7, 11) is 0. The monoisotopic (exact) mass is 356 g/mol. The molecule has 0 spiro atoms. The zero-order valence-electron chi connectivity index (χ0n) is 15.2. The van der Waals surface area contributed by atoms with Crippen molar-refractivity contribution in [3.63, 3.8) is 0 Å². The summed E-state index contributed by atoms with van der Waals surface area (Å²) in [6.07, 6.45) is 6.79. The second kappa shape index (κ2) is 8.10. The van der Waals surface area contributed by atoms with E-state index in [-0.39, 0.29) is 12.1 Å². The van der Waals surface area contributed by atoms with E-state index in [9.17, 15) is 4.79 Å². The van der Waals surface area contributed by atoms with Crippen LogP contribution in [0.5, 0.6) is 0 Å². The third-order valence-electron chi connectivity index (χ3n) is 5.35. The van der Waals surface area contributed by atoms with Gasteiger partial charge in [0.1, 0.15) is 0 Å². The van der Waals surface area contributed by atoms with Crippen molar-refractivity contribution >= 4 is 22.6 Å². The number of carbonyl (C=O) groups is 1. The molecule has 26 heavy (non-hydrogen) atoms. The summed E-state index contributed by atoms with van der Waals surface area (Å²) >= 11 is 0. The van der Waals surface area contributed by atoms with Crippen molar-refractivity contribution in [2.24, 2.45) is 0 Å². The topological polar surface area (TPSA) is 60.6 Å². The lowest BCUT2D eigenvalue weighted by Gasteiger charge is -2.31. The lowest BCUT2D eigenvalue weighted by atomic mass is 10.1. The Morgan fingerprint density at radius 1 is 1.15 bits per heavy atom. The van der Waals surface area contributed by atoms with E-state index in [1.165, 1.54) is 19.3 Å². The van der Waals surface area contributed by atoms with E-state index >= 15 is 0 Å². The van der Waals surface area contributed by atoms with Crippen molar-refractivity contribution in [1.29, 1.82) is 0 Å². The van der Waals surface area contributed by atoms with Crippen molar-refractivity contribution in [3.8, 4) is 0 Å². The normalized spacial score (nSPS) is 22.3. The van der Waals surface area contributed by atoms with Gasteiger partial charge in [0.05, 0.1) is 6.10 Å². The third kappa shape index (κ3) is 4.19. The average Bonchev–Trinajstić information content (AvgIpc) is 3.00. The number of benzene rings is 1. The minimum atomic E-state index is -0.0333. The fourth-order valence-corrected chi connectivity index (χ4v) is 3.95. The van der Waals surface area contributed by atoms with Gasteiger partial charge < -0.3 is 24.8 Å². The van der Waals surface area contributed by atoms with E-state index in [2.05, 4.69) is 15.2 Å². The average molecular weight is 356 g/mol. The second-order valence-electron chi connectivity index (χ2n) is 7.36. The van der Waals surface area contributed by atoms with Crippen LogP contribution in [0.4, 0.5) is 10.5 Å². The van der Waals surface area contributed by atoms with Crippen molar-refractivity contribution in [3.05, 3.63) is 30.5 Å². The van der Waals surface area contributed by atoms with Crippen LogP contribution in [0, 0.1) is 0 Å². The number of ether oxygens (including phenoxy) is 1. The SMILES string of the molecule is O=C(Nc1ccc2[nH]ccc2c1)N1CCCO[C@@H](CN2CCCCC2)C1. The number of fused-ring (bicyclic) bond motifs is 1. The van der Waals surface area contributed by atoms with E-state index < -0.39 is 0 Å². The highest BCUT2D eigenvalue weighted by atomic mass is 16.5. The number of amides is 2. The zero-order chi connectivity index (χ0) is 17.8. The Hall–Kier alpha value is -2.05. The number of nitrogens with zero attached hydrogens (tertiary/aromatic N) is 2. The minimum Gasteiger partial charge on any atom is -0.375 e. The van der Waals surface area contributed by atoms with Gasteiger partial charge in [-0.3, -0.25) is 0 Å². The van der Waals surface area contributed by atoms with Crippen molar-refractivity contribution < 1.29 is 9.53 Å². The first-order valence-corrected chi connectivity index (χ1v) is 9.75. The summed E-state index contributed by atoms with van der Waals surface area (Å²) in [5, 5.41) is 4.15. The fraction of sp³-hybridized carbons (Fsp3) is 0.550. The molecule has 2 aliphatic rings. The molecule has 3 heterocycles. The van der Waals surface area contributed by atoms with Gasteiger partial charge in [0.25, 0.3) is 0 Å². The molecule has 0 bridgehead atoms. The second-order valence-corrected chi connectivity index (χ2v) is 7.36. The Morgan fingerprint density at radius 2 is 2.04 bits per heavy atom. The fourth-order valence-electron chi connectivity index (χ4n) is 3.95. The molecule has 6 nitrogen and oxygen atoms in total. The molecule has 2 aromatic rings. The molecule has 1 aromatic carbocycles. The quantitative estimate of drug-likeness (QED) is 0.887. The molecular weight excluding hydrogens is 328 g/mol. The summed E-state index contributed by atoms with van der Waals surface area (Å²) in [5.74, 6) is 0. The molecule has 0 radical (unpaired) electrons. The van der Waals surface area contributed by atoms with Crippen molar-refractivity contribution in [2.75, 3.05) is 44.6 Å². The highest BCUT2D eigenvalue weighted by Crippen LogP contribution is 2.19. The Kier molecular flexibility index (Phi) is 5.41. The van der Waals surface area contributed by atoms with Gasteiger partial charge in [0.2, 0.25) is 0 Å². The summed E-state index contributed by atoms with van der Waals surface area (Å²) in [6, 6.07) is 7.92. The molecule has 1 aromatic heterocycles. The largest absolute Gasteiger partial charge is 0.375 e. The molecule has 0 unspecified atom stereocenters. The number of piperidine rings is 1. The molecule has 0 aliphatic carbocycles. The molecule has 2 fully saturated rings. The third-order valence-corrected chi connectivity index (χ3v) is 5.35. The number of anilines is 1. The van der Waals surface area contributed by atoms with Crippen molar-refractivity contribution in [2.45, 2.75) is 31.8 Å².